The highest BCUT2D eigenvalue weighted by molar-refractivity contribution is 9.10. The smallest absolute Gasteiger partial charge is 0.0637 e. The summed E-state index contributed by atoms with van der Waals surface area (Å²) in [5, 5.41) is 0. The molecule has 1 aromatic carbocycles. The van der Waals surface area contributed by atoms with Gasteiger partial charge in [-0.3, -0.25) is 0 Å². The van der Waals surface area contributed by atoms with E-state index in [1.807, 2.05) is 0 Å². The third kappa shape index (κ3) is 4.79. The van der Waals surface area contributed by atoms with Gasteiger partial charge in [0.2, 0.25) is 0 Å². The molecular formula is C15H25BrN2O. The highest BCUT2D eigenvalue weighted by Gasteiger charge is 2.16. The second-order valence-electron chi connectivity index (χ2n) is 4.76. The Hall–Kier alpha value is -0.580. The van der Waals surface area contributed by atoms with Crippen LogP contribution >= 0.6 is 15.9 Å². The number of hydrogen-bond acceptors (Lipinski definition) is 3. The van der Waals surface area contributed by atoms with Gasteiger partial charge in [0, 0.05) is 29.9 Å². The molecular weight excluding hydrogens is 304 g/mol. The van der Waals surface area contributed by atoms with Gasteiger partial charge in [0.25, 0.3) is 0 Å². The Bertz CT molecular complexity index is 384. The Kier molecular flexibility index (Phi) is 7.42. The van der Waals surface area contributed by atoms with Gasteiger partial charge in [0.05, 0.1) is 6.61 Å². The number of benzene rings is 1. The van der Waals surface area contributed by atoms with Gasteiger partial charge in [0.1, 0.15) is 0 Å². The maximum Gasteiger partial charge on any atom is 0.0637 e. The minimum absolute atomic E-state index is 0.487. The second-order valence-corrected chi connectivity index (χ2v) is 5.67. The maximum atomic E-state index is 5.72. The number of hydrogen-bond donors (Lipinski definition) is 1. The number of methoxy groups -OCH3 is 1. The van der Waals surface area contributed by atoms with Gasteiger partial charge in [-0.2, -0.15) is 0 Å². The third-order valence-electron chi connectivity index (χ3n) is 3.43. The zero-order valence-corrected chi connectivity index (χ0v) is 13.7. The molecule has 0 amide bonds. The Morgan fingerprint density at radius 3 is 2.74 bits per heavy atom. The highest BCUT2D eigenvalue weighted by atomic mass is 79.9. The minimum atomic E-state index is 0.487. The van der Waals surface area contributed by atoms with E-state index in [9.17, 15) is 0 Å². The molecule has 0 bridgehead atoms. The van der Waals surface area contributed by atoms with Crippen molar-refractivity contribution in [1.29, 1.82) is 0 Å². The predicted molar refractivity (Wildman–Crippen MR) is 85.9 cm³/mol. The van der Waals surface area contributed by atoms with E-state index in [-0.39, 0.29) is 0 Å². The van der Waals surface area contributed by atoms with E-state index < -0.39 is 0 Å². The van der Waals surface area contributed by atoms with Gasteiger partial charge >= 0.3 is 0 Å². The van der Waals surface area contributed by atoms with Crippen LogP contribution in [0.15, 0.2) is 22.7 Å². The molecule has 1 rings (SSSR count). The number of ether oxygens (including phenoxy) is 1. The first-order chi connectivity index (χ1) is 9.13. The Morgan fingerprint density at radius 2 is 2.16 bits per heavy atom. The first-order valence-corrected chi connectivity index (χ1v) is 7.67. The number of rotatable bonds is 8. The molecule has 0 saturated carbocycles. The van der Waals surface area contributed by atoms with Crippen LogP contribution in [0.4, 0.5) is 5.69 Å². The monoisotopic (exact) mass is 328 g/mol. The summed E-state index contributed by atoms with van der Waals surface area (Å²) in [6.07, 6.45) is 2.01. The van der Waals surface area contributed by atoms with E-state index in [4.69, 9.17) is 10.5 Å². The van der Waals surface area contributed by atoms with Gasteiger partial charge in [-0.05, 0) is 44.0 Å². The van der Waals surface area contributed by atoms with E-state index in [0.717, 1.165) is 30.5 Å². The summed E-state index contributed by atoms with van der Waals surface area (Å²) >= 11 is 3.57. The Morgan fingerprint density at radius 1 is 1.42 bits per heavy atom. The normalized spacial score (nSPS) is 12.5. The van der Waals surface area contributed by atoms with Crippen LogP contribution in [0.25, 0.3) is 0 Å². The molecule has 1 aromatic rings. The third-order valence-corrected chi connectivity index (χ3v) is 3.92. The summed E-state index contributed by atoms with van der Waals surface area (Å²) in [5.41, 5.74) is 8.30. The Labute approximate surface area is 125 Å². The minimum Gasteiger partial charge on any atom is -0.383 e. The number of anilines is 1. The van der Waals surface area contributed by atoms with Crippen LogP contribution in [0.3, 0.4) is 0 Å². The van der Waals surface area contributed by atoms with E-state index >= 15 is 0 Å². The lowest BCUT2D eigenvalue weighted by Gasteiger charge is -2.32. The largest absolute Gasteiger partial charge is 0.383 e. The number of nitrogens with zero attached hydrogens (tertiary/aromatic N) is 1. The molecule has 3 nitrogen and oxygen atoms in total. The molecule has 0 fully saturated rings. The van der Waals surface area contributed by atoms with Crippen LogP contribution in [-0.2, 0) is 11.2 Å². The molecule has 0 spiro atoms. The zero-order valence-electron chi connectivity index (χ0n) is 12.2. The van der Waals surface area contributed by atoms with Gasteiger partial charge in [0.15, 0.2) is 0 Å². The fraction of sp³-hybridized carbons (Fsp3) is 0.600. The molecule has 19 heavy (non-hydrogen) atoms. The van der Waals surface area contributed by atoms with Crippen LogP contribution in [0.2, 0.25) is 0 Å². The first-order valence-electron chi connectivity index (χ1n) is 6.88. The van der Waals surface area contributed by atoms with Crippen molar-refractivity contribution in [3.05, 3.63) is 28.2 Å². The first kappa shape index (κ1) is 16.5. The van der Waals surface area contributed by atoms with Crippen molar-refractivity contribution in [3.8, 4) is 0 Å². The SMILES string of the molecule is CCC(C)N(CCOC)c1cc(Br)ccc1CCN. The molecule has 0 aliphatic rings. The lowest BCUT2D eigenvalue weighted by molar-refractivity contribution is 0.203. The summed E-state index contributed by atoms with van der Waals surface area (Å²) in [6.45, 7) is 6.78. The molecule has 4 heteroatoms. The van der Waals surface area contributed by atoms with Gasteiger partial charge in [-0.15, -0.1) is 0 Å². The fourth-order valence-corrected chi connectivity index (χ4v) is 2.51. The zero-order chi connectivity index (χ0) is 14.3. The van der Waals surface area contributed by atoms with Gasteiger partial charge < -0.3 is 15.4 Å². The van der Waals surface area contributed by atoms with E-state index in [1.165, 1.54) is 11.3 Å². The van der Waals surface area contributed by atoms with Crippen LogP contribution in [0, 0.1) is 0 Å². The van der Waals surface area contributed by atoms with Crippen molar-refractivity contribution in [3.63, 3.8) is 0 Å². The molecule has 0 heterocycles. The van der Waals surface area contributed by atoms with Crippen LogP contribution < -0.4 is 10.6 Å². The van der Waals surface area contributed by atoms with Crippen LogP contribution in [-0.4, -0.2) is 32.8 Å². The highest BCUT2D eigenvalue weighted by Crippen LogP contribution is 2.27. The van der Waals surface area contributed by atoms with Crippen molar-refractivity contribution in [2.24, 2.45) is 5.73 Å². The van der Waals surface area contributed by atoms with E-state index in [1.54, 1.807) is 7.11 Å². The second kappa shape index (κ2) is 8.56. The summed E-state index contributed by atoms with van der Waals surface area (Å²) in [4.78, 5) is 2.42. The molecule has 0 aliphatic carbocycles. The average Bonchev–Trinajstić information content (AvgIpc) is 2.41. The molecule has 0 radical (unpaired) electrons. The molecule has 108 valence electrons. The lowest BCUT2D eigenvalue weighted by Crippen LogP contribution is -2.36. The van der Waals surface area contributed by atoms with Crippen molar-refractivity contribution in [2.75, 3.05) is 31.7 Å². The van der Waals surface area contributed by atoms with Gasteiger partial charge in [-0.25, -0.2) is 0 Å². The van der Waals surface area contributed by atoms with Crippen molar-refractivity contribution in [1.82, 2.24) is 0 Å². The summed E-state index contributed by atoms with van der Waals surface area (Å²) in [6, 6.07) is 6.92. The molecule has 1 atom stereocenters. The summed E-state index contributed by atoms with van der Waals surface area (Å²) in [5.74, 6) is 0. The number of nitrogens with two attached hydrogens (primary N) is 1. The van der Waals surface area contributed by atoms with Crippen LogP contribution in [0.5, 0.6) is 0 Å². The van der Waals surface area contributed by atoms with Crippen molar-refractivity contribution < 1.29 is 4.74 Å². The van der Waals surface area contributed by atoms with Gasteiger partial charge in [-0.1, -0.05) is 28.9 Å². The standard InChI is InChI=1S/C15H25BrN2O/c1-4-12(2)18(9-10-19-3)15-11-14(16)6-5-13(15)7-8-17/h5-6,11-12H,4,7-10,17H2,1-3H3. The molecule has 0 aromatic heterocycles. The fourth-order valence-electron chi connectivity index (χ4n) is 2.16. The lowest BCUT2D eigenvalue weighted by atomic mass is 10.1. The maximum absolute atomic E-state index is 5.72. The molecule has 2 N–H and O–H groups in total. The number of halogens is 1. The Balaban J connectivity index is 3.07. The quantitative estimate of drug-likeness (QED) is 0.796. The predicted octanol–water partition coefficient (Wildman–Crippen LogP) is 3.20. The van der Waals surface area contributed by atoms with Crippen molar-refractivity contribution >= 4 is 21.6 Å². The topological polar surface area (TPSA) is 38.5 Å². The molecule has 1 unspecified atom stereocenters. The van der Waals surface area contributed by atoms with E-state index in [2.05, 4.69) is 52.9 Å². The summed E-state index contributed by atoms with van der Waals surface area (Å²) < 4.78 is 6.35. The average molecular weight is 329 g/mol. The van der Waals surface area contributed by atoms with Crippen molar-refractivity contribution in [2.45, 2.75) is 32.7 Å². The molecule has 0 saturated heterocycles. The molecule has 0 aliphatic heterocycles. The summed E-state index contributed by atoms with van der Waals surface area (Å²) in [7, 11) is 1.75. The van der Waals surface area contributed by atoms with Crippen LogP contribution in [0.1, 0.15) is 25.8 Å². The van der Waals surface area contributed by atoms with E-state index in [0.29, 0.717) is 12.6 Å².